The second-order valence-electron chi connectivity index (χ2n) is 6.18. The molecule has 0 aromatic carbocycles. The summed E-state index contributed by atoms with van der Waals surface area (Å²) in [5.74, 6) is 0.0598. The maximum atomic E-state index is 12.3. The molecular formula is C15H26N4OS. The van der Waals surface area contributed by atoms with E-state index < -0.39 is 0 Å². The van der Waals surface area contributed by atoms with Gasteiger partial charge in [-0.15, -0.1) is 0 Å². The summed E-state index contributed by atoms with van der Waals surface area (Å²) in [7, 11) is 0. The van der Waals surface area contributed by atoms with Crippen molar-refractivity contribution in [3.63, 3.8) is 0 Å². The lowest BCUT2D eigenvalue weighted by Crippen LogP contribution is -2.42. The van der Waals surface area contributed by atoms with Crippen LogP contribution in [-0.2, 0) is 0 Å². The van der Waals surface area contributed by atoms with Gasteiger partial charge in [0, 0.05) is 11.3 Å². The van der Waals surface area contributed by atoms with Gasteiger partial charge in [0.05, 0.1) is 11.4 Å². The van der Waals surface area contributed by atoms with Crippen molar-refractivity contribution in [2.45, 2.75) is 56.6 Å². The number of carbonyl (C=O) groups is 1. The number of carbonyl (C=O) groups excluding carboxylic acids is 1. The number of aromatic nitrogens is 2. The van der Waals surface area contributed by atoms with Gasteiger partial charge in [0.25, 0.3) is 5.91 Å². The van der Waals surface area contributed by atoms with Crippen molar-refractivity contribution in [2.24, 2.45) is 0 Å². The third-order valence-corrected chi connectivity index (χ3v) is 5.81. The molecule has 0 radical (unpaired) electrons. The average Bonchev–Trinajstić information content (AvgIpc) is 2.88. The van der Waals surface area contributed by atoms with Gasteiger partial charge in [-0.1, -0.05) is 33.1 Å². The predicted octanol–water partition coefficient (Wildman–Crippen LogP) is 2.91. The Kier molecular flexibility index (Phi) is 5.19. The minimum absolute atomic E-state index is 0.172. The molecule has 1 aliphatic rings. The fraction of sp³-hybridized carbons (Fsp3) is 0.733. The van der Waals surface area contributed by atoms with Crippen LogP contribution in [0.25, 0.3) is 0 Å². The minimum atomic E-state index is -0.172. The average molecular weight is 310 g/mol. The van der Waals surface area contributed by atoms with Gasteiger partial charge in [0.2, 0.25) is 0 Å². The van der Waals surface area contributed by atoms with E-state index in [0.717, 1.165) is 5.69 Å². The molecule has 1 aromatic heterocycles. The molecule has 1 heterocycles. The highest BCUT2D eigenvalue weighted by Gasteiger charge is 2.32. The smallest absolute Gasteiger partial charge is 0.273 e. The number of aromatic amines is 1. The number of H-pyrrole nitrogens is 1. The molecule has 1 saturated carbocycles. The zero-order chi connectivity index (χ0) is 15.5. The van der Waals surface area contributed by atoms with Gasteiger partial charge in [-0.3, -0.25) is 9.89 Å². The summed E-state index contributed by atoms with van der Waals surface area (Å²) in [5.41, 5.74) is 7.65. The number of hydrogen-bond acceptors (Lipinski definition) is 4. The third kappa shape index (κ3) is 3.54. The summed E-state index contributed by atoms with van der Waals surface area (Å²) < 4.78 is 0.180. The van der Waals surface area contributed by atoms with E-state index in [1.54, 1.807) is 0 Å². The Labute approximate surface area is 130 Å². The van der Waals surface area contributed by atoms with Crippen molar-refractivity contribution in [2.75, 3.05) is 18.5 Å². The summed E-state index contributed by atoms with van der Waals surface area (Å²) in [5, 5.41) is 9.99. The van der Waals surface area contributed by atoms with Gasteiger partial charge in [0.15, 0.2) is 5.69 Å². The normalized spacial score (nSPS) is 17.9. The van der Waals surface area contributed by atoms with E-state index in [1.165, 1.54) is 32.1 Å². The summed E-state index contributed by atoms with van der Waals surface area (Å²) in [4.78, 5) is 12.3. The van der Waals surface area contributed by atoms with E-state index in [2.05, 4.69) is 21.8 Å². The first-order valence-corrected chi connectivity index (χ1v) is 8.88. The number of thioether (sulfide) groups is 1. The molecule has 1 amide bonds. The summed E-state index contributed by atoms with van der Waals surface area (Å²) in [6, 6.07) is 0. The van der Waals surface area contributed by atoms with Crippen LogP contribution in [0.5, 0.6) is 0 Å². The van der Waals surface area contributed by atoms with Gasteiger partial charge in [-0.2, -0.15) is 16.9 Å². The van der Waals surface area contributed by atoms with Crippen LogP contribution in [0.1, 0.15) is 68.1 Å². The summed E-state index contributed by atoms with van der Waals surface area (Å²) >= 11 is 1.87. The van der Waals surface area contributed by atoms with Crippen LogP contribution in [-0.4, -0.2) is 33.7 Å². The molecule has 118 valence electrons. The molecule has 2 rings (SSSR count). The molecule has 5 nitrogen and oxygen atoms in total. The molecule has 1 aliphatic carbocycles. The maximum absolute atomic E-state index is 12.3. The molecule has 0 aliphatic heterocycles. The fourth-order valence-corrected chi connectivity index (χ4v) is 3.87. The molecule has 0 spiro atoms. The van der Waals surface area contributed by atoms with Crippen molar-refractivity contribution in [3.05, 3.63) is 11.4 Å². The SMILES string of the molecule is CSC1(CNC(=O)c2n[nH]c(C(C)C)c2N)CCCCC1. The topological polar surface area (TPSA) is 83.8 Å². The number of amides is 1. The summed E-state index contributed by atoms with van der Waals surface area (Å²) in [6.07, 6.45) is 8.28. The lowest BCUT2D eigenvalue weighted by atomic mass is 9.88. The van der Waals surface area contributed by atoms with Crippen LogP contribution < -0.4 is 11.1 Å². The number of anilines is 1. The lowest BCUT2D eigenvalue weighted by molar-refractivity contribution is 0.0943. The molecule has 1 aromatic rings. The van der Waals surface area contributed by atoms with Crippen LogP contribution in [0.3, 0.4) is 0 Å². The van der Waals surface area contributed by atoms with Crippen LogP contribution in [0, 0.1) is 0 Å². The number of rotatable bonds is 5. The molecule has 1 fully saturated rings. The number of nitrogens with one attached hydrogen (secondary N) is 2. The van der Waals surface area contributed by atoms with E-state index in [-0.39, 0.29) is 16.6 Å². The largest absolute Gasteiger partial charge is 0.395 e. The monoisotopic (exact) mass is 310 g/mol. The Hall–Kier alpha value is -1.17. The van der Waals surface area contributed by atoms with E-state index in [0.29, 0.717) is 17.9 Å². The predicted molar refractivity (Wildman–Crippen MR) is 88.8 cm³/mol. The second-order valence-corrected chi connectivity index (χ2v) is 7.46. The zero-order valence-corrected chi connectivity index (χ0v) is 14.0. The fourth-order valence-electron chi connectivity index (χ4n) is 2.95. The van der Waals surface area contributed by atoms with E-state index in [1.807, 2.05) is 25.6 Å². The first-order valence-electron chi connectivity index (χ1n) is 7.66. The molecule has 6 heteroatoms. The van der Waals surface area contributed by atoms with Crippen LogP contribution in [0.2, 0.25) is 0 Å². The van der Waals surface area contributed by atoms with Gasteiger partial charge in [0.1, 0.15) is 0 Å². The number of nitrogens with two attached hydrogens (primary N) is 1. The van der Waals surface area contributed by atoms with Gasteiger partial charge in [-0.05, 0) is 25.0 Å². The van der Waals surface area contributed by atoms with Crippen molar-refractivity contribution in [1.29, 1.82) is 0 Å². The van der Waals surface area contributed by atoms with Crippen LogP contribution >= 0.6 is 11.8 Å². The van der Waals surface area contributed by atoms with Crippen molar-refractivity contribution in [1.82, 2.24) is 15.5 Å². The van der Waals surface area contributed by atoms with Crippen molar-refractivity contribution >= 4 is 23.4 Å². The van der Waals surface area contributed by atoms with Crippen LogP contribution in [0.4, 0.5) is 5.69 Å². The van der Waals surface area contributed by atoms with E-state index in [4.69, 9.17) is 5.73 Å². The quantitative estimate of drug-likeness (QED) is 0.781. The molecular weight excluding hydrogens is 284 g/mol. The number of hydrogen-bond donors (Lipinski definition) is 3. The maximum Gasteiger partial charge on any atom is 0.273 e. The highest BCUT2D eigenvalue weighted by molar-refractivity contribution is 8.00. The summed E-state index contributed by atoms with van der Waals surface area (Å²) in [6.45, 7) is 4.74. The van der Waals surface area contributed by atoms with Crippen LogP contribution in [0.15, 0.2) is 0 Å². The van der Waals surface area contributed by atoms with Crippen molar-refractivity contribution in [3.8, 4) is 0 Å². The Morgan fingerprint density at radius 1 is 1.43 bits per heavy atom. The molecule has 0 atom stereocenters. The molecule has 21 heavy (non-hydrogen) atoms. The van der Waals surface area contributed by atoms with Crippen molar-refractivity contribution < 1.29 is 4.79 Å². The molecule has 0 saturated heterocycles. The third-order valence-electron chi connectivity index (χ3n) is 4.39. The highest BCUT2D eigenvalue weighted by atomic mass is 32.2. The number of nitrogen functional groups attached to an aromatic ring is 1. The highest BCUT2D eigenvalue weighted by Crippen LogP contribution is 2.38. The standard InChI is InChI=1S/C15H26N4OS/c1-10(2)12-11(16)13(19-18-12)14(20)17-9-15(21-3)7-5-4-6-8-15/h10H,4-9,16H2,1-3H3,(H,17,20)(H,18,19). The first-order chi connectivity index (χ1) is 9.99. The number of nitrogens with zero attached hydrogens (tertiary/aromatic N) is 1. The zero-order valence-electron chi connectivity index (χ0n) is 13.2. The Morgan fingerprint density at radius 2 is 2.10 bits per heavy atom. The Morgan fingerprint density at radius 3 is 2.62 bits per heavy atom. The van der Waals surface area contributed by atoms with E-state index in [9.17, 15) is 4.79 Å². The molecule has 0 unspecified atom stereocenters. The van der Waals surface area contributed by atoms with E-state index >= 15 is 0 Å². The second kappa shape index (κ2) is 6.73. The van der Waals surface area contributed by atoms with Gasteiger partial charge < -0.3 is 11.1 Å². The molecule has 0 bridgehead atoms. The lowest BCUT2D eigenvalue weighted by Gasteiger charge is -2.35. The Balaban J connectivity index is 2.01. The first kappa shape index (κ1) is 16.2. The van der Waals surface area contributed by atoms with Gasteiger partial charge >= 0.3 is 0 Å². The Bertz CT molecular complexity index is 492. The molecule has 4 N–H and O–H groups in total. The minimum Gasteiger partial charge on any atom is -0.395 e. The van der Waals surface area contributed by atoms with Gasteiger partial charge in [-0.25, -0.2) is 0 Å².